The minimum atomic E-state index is -0.393. The lowest BCUT2D eigenvalue weighted by atomic mass is 9.98. The standard InChI is InChI=1S/C37H35NO5S/c1-41-36(39)29-14-19-32-33(24-26-10-15-30(16-11-26)42-23-22-38-20-6-3-7-21-38)35(44-34(32)25-29)27-12-17-31(18-13-27)43-37(40)28-8-4-2-5-9-28/h2,4-5,8-19,25H,3,6-7,20-24H2,1H3. The largest absolute Gasteiger partial charge is 0.492 e. The van der Waals surface area contributed by atoms with Crippen molar-refractivity contribution in [3.05, 3.63) is 119 Å². The molecule has 6 nitrogen and oxygen atoms in total. The summed E-state index contributed by atoms with van der Waals surface area (Å²) in [5, 5.41) is 1.10. The normalized spacial score (nSPS) is 13.5. The molecule has 0 amide bonds. The van der Waals surface area contributed by atoms with Crippen LogP contribution in [0, 0.1) is 0 Å². The molecule has 1 saturated heterocycles. The minimum Gasteiger partial charge on any atom is -0.492 e. The molecule has 4 aromatic carbocycles. The fraction of sp³-hybridized carbons (Fsp3) is 0.243. The highest BCUT2D eigenvalue weighted by Gasteiger charge is 2.18. The summed E-state index contributed by atoms with van der Waals surface area (Å²) in [5.41, 5.74) is 4.38. The van der Waals surface area contributed by atoms with Crippen molar-refractivity contribution in [3.8, 4) is 21.9 Å². The molecule has 0 spiro atoms. The Morgan fingerprint density at radius 3 is 2.23 bits per heavy atom. The highest BCUT2D eigenvalue weighted by atomic mass is 32.1. The van der Waals surface area contributed by atoms with Gasteiger partial charge in [0.25, 0.3) is 0 Å². The number of carbonyl (C=O) groups is 2. The summed E-state index contributed by atoms with van der Waals surface area (Å²) in [5.74, 6) is 0.609. The Kier molecular flexibility index (Phi) is 9.34. The molecular weight excluding hydrogens is 570 g/mol. The molecule has 1 aromatic heterocycles. The lowest BCUT2D eigenvalue weighted by Crippen LogP contribution is -2.33. The first kappa shape index (κ1) is 29.6. The Balaban J connectivity index is 1.22. The zero-order chi connectivity index (χ0) is 30.3. The van der Waals surface area contributed by atoms with E-state index in [2.05, 4.69) is 17.0 Å². The summed E-state index contributed by atoms with van der Waals surface area (Å²) in [7, 11) is 1.39. The van der Waals surface area contributed by atoms with Crippen LogP contribution in [0.1, 0.15) is 51.1 Å². The third-order valence-electron chi connectivity index (χ3n) is 7.98. The lowest BCUT2D eigenvalue weighted by Gasteiger charge is -2.26. The van der Waals surface area contributed by atoms with Crippen molar-refractivity contribution in [3.63, 3.8) is 0 Å². The third kappa shape index (κ3) is 7.01. The molecule has 2 heterocycles. The van der Waals surface area contributed by atoms with Crippen molar-refractivity contribution in [1.29, 1.82) is 0 Å². The Labute approximate surface area is 261 Å². The van der Waals surface area contributed by atoms with Gasteiger partial charge in [-0.25, -0.2) is 9.59 Å². The van der Waals surface area contributed by atoms with E-state index < -0.39 is 5.97 Å². The maximum atomic E-state index is 12.5. The lowest BCUT2D eigenvalue weighted by molar-refractivity contribution is 0.0600. The van der Waals surface area contributed by atoms with Crippen molar-refractivity contribution in [2.24, 2.45) is 0 Å². The van der Waals surface area contributed by atoms with Gasteiger partial charge in [0.15, 0.2) is 0 Å². The average Bonchev–Trinajstić information content (AvgIpc) is 3.43. The van der Waals surface area contributed by atoms with E-state index in [1.165, 1.54) is 50.6 Å². The molecule has 7 heteroatoms. The van der Waals surface area contributed by atoms with Crippen LogP contribution in [0.25, 0.3) is 20.5 Å². The molecule has 44 heavy (non-hydrogen) atoms. The number of nitrogens with zero attached hydrogens (tertiary/aromatic N) is 1. The number of hydrogen-bond donors (Lipinski definition) is 0. The number of hydrogen-bond acceptors (Lipinski definition) is 7. The van der Waals surface area contributed by atoms with Crippen LogP contribution < -0.4 is 9.47 Å². The van der Waals surface area contributed by atoms with Gasteiger partial charge >= 0.3 is 11.9 Å². The number of likely N-dealkylation sites (tertiary alicyclic amines) is 1. The number of thiophene rings is 1. The highest BCUT2D eigenvalue weighted by molar-refractivity contribution is 7.22. The average molecular weight is 606 g/mol. The molecule has 0 atom stereocenters. The Morgan fingerprint density at radius 2 is 1.50 bits per heavy atom. The van der Waals surface area contributed by atoms with Gasteiger partial charge in [0.2, 0.25) is 0 Å². The molecule has 0 bridgehead atoms. The molecule has 0 saturated carbocycles. The summed E-state index contributed by atoms with van der Waals surface area (Å²) in [6.07, 6.45) is 4.61. The predicted molar refractivity (Wildman–Crippen MR) is 175 cm³/mol. The summed E-state index contributed by atoms with van der Waals surface area (Å²) >= 11 is 1.64. The molecule has 0 aliphatic carbocycles. The van der Waals surface area contributed by atoms with Gasteiger partial charge < -0.3 is 14.2 Å². The van der Waals surface area contributed by atoms with Crippen molar-refractivity contribution < 1.29 is 23.8 Å². The molecule has 0 N–H and O–H groups in total. The van der Waals surface area contributed by atoms with E-state index in [9.17, 15) is 9.59 Å². The summed E-state index contributed by atoms with van der Waals surface area (Å²) in [4.78, 5) is 28.4. The fourth-order valence-corrected chi connectivity index (χ4v) is 6.87. The van der Waals surface area contributed by atoms with Gasteiger partial charge in [-0.1, -0.05) is 42.8 Å². The van der Waals surface area contributed by atoms with E-state index in [1.54, 1.807) is 23.5 Å². The topological polar surface area (TPSA) is 65.1 Å². The van der Waals surface area contributed by atoms with E-state index in [1.807, 2.05) is 72.8 Å². The Hall–Kier alpha value is -4.46. The molecule has 0 unspecified atom stereocenters. The molecule has 1 fully saturated rings. The predicted octanol–water partition coefficient (Wildman–Crippen LogP) is 8.03. The highest BCUT2D eigenvalue weighted by Crippen LogP contribution is 2.41. The van der Waals surface area contributed by atoms with Gasteiger partial charge in [0.1, 0.15) is 18.1 Å². The van der Waals surface area contributed by atoms with Crippen molar-refractivity contribution in [1.82, 2.24) is 4.90 Å². The minimum absolute atomic E-state index is 0.358. The summed E-state index contributed by atoms with van der Waals surface area (Å²) in [6, 6.07) is 30.6. The molecule has 224 valence electrons. The molecular formula is C37H35NO5S. The van der Waals surface area contributed by atoms with Crippen molar-refractivity contribution in [2.75, 3.05) is 33.4 Å². The van der Waals surface area contributed by atoms with Crippen LogP contribution in [-0.2, 0) is 11.2 Å². The van der Waals surface area contributed by atoms with Crippen LogP contribution in [0.15, 0.2) is 97.1 Å². The number of esters is 2. The van der Waals surface area contributed by atoms with Crippen LogP contribution in [0.3, 0.4) is 0 Å². The first-order valence-electron chi connectivity index (χ1n) is 15.0. The SMILES string of the molecule is COC(=O)c1ccc2c(Cc3ccc(OCCN4CCCCC4)cc3)c(-c3ccc(OC(=O)c4ccccc4)cc3)sc2c1. The van der Waals surface area contributed by atoms with Gasteiger partial charge in [0.05, 0.1) is 18.2 Å². The van der Waals surface area contributed by atoms with E-state index in [0.717, 1.165) is 32.8 Å². The number of rotatable bonds is 10. The van der Waals surface area contributed by atoms with Crippen LogP contribution >= 0.6 is 11.3 Å². The number of piperidine rings is 1. The van der Waals surface area contributed by atoms with E-state index in [0.29, 0.717) is 29.9 Å². The second-order valence-corrected chi connectivity index (χ2v) is 12.0. The maximum absolute atomic E-state index is 12.5. The van der Waals surface area contributed by atoms with Crippen molar-refractivity contribution >= 4 is 33.4 Å². The summed E-state index contributed by atoms with van der Waals surface area (Å²) in [6.45, 7) is 3.99. The summed E-state index contributed by atoms with van der Waals surface area (Å²) < 4.78 is 17.6. The molecule has 6 rings (SSSR count). The molecule has 0 radical (unpaired) electrons. The van der Waals surface area contributed by atoms with Crippen LogP contribution in [0.2, 0.25) is 0 Å². The van der Waals surface area contributed by atoms with Gasteiger partial charge in [-0.05, 0) is 115 Å². The smallest absolute Gasteiger partial charge is 0.343 e. The van der Waals surface area contributed by atoms with E-state index in [-0.39, 0.29) is 5.97 Å². The van der Waals surface area contributed by atoms with Crippen LogP contribution in [0.5, 0.6) is 11.5 Å². The molecule has 1 aliphatic rings. The number of ether oxygens (including phenoxy) is 3. The second-order valence-electron chi connectivity index (χ2n) is 11.0. The van der Waals surface area contributed by atoms with E-state index in [4.69, 9.17) is 14.2 Å². The van der Waals surface area contributed by atoms with Gasteiger partial charge in [-0.3, -0.25) is 4.90 Å². The number of benzene rings is 4. The van der Waals surface area contributed by atoms with Gasteiger partial charge in [0, 0.05) is 16.1 Å². The van der Waals surface area contributed by atoms with E-state index >= 15 is 0 Å². The monoisotopic (exact) mass is 605 g/mol. The fourth-order valence-electron chi connectivity index (χ4n) is 5.60. The number of fused-ring (bicyclic) bond motifs is 1. The Bertz CT molecular complexity index is 1720. The number of carbonyl (C=O) groups excluding carboxylic acids is 2. The quantitative estimate of drug-likeness (QED) is 0.119. The van der Waals surface area contributed by atoms with Crippen molar-refractivity contribution in [2.45, 2.75) is 25.7 Å². The number of methoxy groups -OCH3 is 1. The zero-order valence-corrected chi connectivity index (χ0v) is 25.6. The third-order valence-corrected chi connectivity index (χ3v) is 9.22. The zero-order valence-electron chi connectivity index (χ0n) is 24.8. The maximum Gasteiger partial charge on any atom is 0.343 e. The first-order valence-corrected chi connectivity index (χ1v) is 15.8. The Morgan fingerprint density at radius 1 is 0.773 bits per heavy atom. The van der Waals surface area contributed by atoms with Crippen LogP contribution in [0.4, 0.5) is 0 Å². The van der Waals surface area contributed by atoms with Gasteiger partial charge in [-0.2, -0.15) is 0 Å². The first-order chi connectivity index (χ1) is 21.6. The van der Waals surface area contributed by atoms with Crippen LogP contribution in [-0.4, -0.2) is 50.2 Å². The molecule has 1 aliphatic heterocycles. The second kappa shape index (κ2) is 13.9. The molecule has 5 aromatic rings. The van der Waals surface area contributed by atoms with Gasteiger partial charge in [-0.15, -0.1) is 11.3 Å².